The Bertz CT molecular complexity index is 812. The number of rotatable bonds is 1. The highest BCUT2D eigenvalue weighted by Crippen LogP contribution is 2.49. The molecular weight excluding hydrogens is 278 g/mol. The molecule has 2 atom stereocenters. The van der Waals surface area contributed by atoms with Crippen LogP contribution in [0.15, 0.2) is 42.5 Å². The van der Waals surface area contributed by atoms with Gasteiger partial charge in [-0.25, -0.2) is 4.79 Å². The topological polar surface area (TPSA) is 57.6 Å². The van der Waals surface area contributed by atoms with Crippen molar-refractivity contribution in [2.75, 3.05) is 4.90 Å². The second kappa shape index (κ2) is 4.44. The Morgan fingerprint density at radius 1 is 1.14 bits per heavy atom. The summed E-state index contributed by atoms with van der Waals surface area (Å²) in [5.74, 6) is -0.909. The molecule has 0 aliphatic carbocycles. The van der Waals surface area contributed by atoms with Gasteiger partial charge in [-0.15, -0.1) is 0 Å². The van der Waals surface area contributed by atoms with E-state index < -0.39 is 5.97 Å². The van der Waals surface area contributed by atoms with Gasteiger partial charge in [-0.05, 0) is 35.6 Å². The number of hydrogen-bond donors (Lipinski definition) is 1. The van der Waals surface area contributed by atoms with Gasteiger partial charge in [0.1, 0.15) is 0 Å². The van der Waals surface area contributed by atoms with Crippen molar-refractivity contribution in [3.05, 3.63) is 64.7 Å². The minimum Gasteiger partial charge on any atom is -0.478 e. The molecule has 2 aromatic carbocycles. The molecule has 2 heterocycles. The molecule has 0 saturated carbocycles. The van der Waals surface area contributed by atoms with Gasteiger partial charge in [0.25, 0.3) is 5.91 Å². The Morgan fingerprint density at radius 3 is 2.64 bits per heavy atom. The summed E-state index contributed by atoms with van der Waals surface area (Å²) in [6, 6.07) is 12.9. The second-order valence-electron chi connectivity index (χ2n) is 5.96. The van der Waals surface area contributed by atoms with E-state index in [4.69, 9.17) is 0 Å². The maximum absolute atomic E-state index is 12.9. The third kappa shape index (κ3) is 1.58. The SMILES string of the molecule is C[C@H]1C[C@@H]2c3cccc(C(=O)O)c3C(=O)N2c2ccccc21. The molecule has 110 valence electrons. The van der Waals surface area contributed by atoms with Gasteiger partial charge in [-0.2, -0.15) is 0 Å². The van der Waals surface area contributed by atoms with Crippen molar-refractivity contribution in [2.45, 2.75) is 25.3 Å². The molecule has 1 amide bonds. The molecular formula is C18H15NO3. The standard InChI is InChI=1S/C18H15NO3/c1-10-9-15-12-6-4-7-13(18(21)22)16(12)17(20)19(15)14-8-3-2-5-11(10)14/h2-8,10,15H,9H2,1H3,(H,21,22)/t10-,15+/m0/s1. The predicted molar refractivity (Wildman–Crippen MR) is 82.4 cm³/mol. The fraction of sp³-hybridized carbons (Fsp3) is 0.222. The second-order valence-corrected chi connectivity index (χ2v) is 5.96. The average Bonchev–Trinajstić information content (AvgIpc) is 2.81. The predicted octanol–water partition coefficient (Wildman–Crippen LogP) is 3.59. The van der Waals surface area contributed by atoms with Gasteiger partial charge in [-0.3, -0.25) is 4.79 Å². The summed E-state index contributed by atoms with van der Waals surface area (Å²) in [7, 11) is 0. The van der Waals surface area contributed by atoms with Crippen molar-refractivity contribution in [3.8, 4) is 0 Å². The van der Waals surface area contributed by atoms with Crippen LogP contribution in [-0.4, -0.2) is 17.0 Å². The highest BCUT2D eigenvalue weighted by atomic mass is 16.4. The summed E-state index contributed by atoms with van der Waals surface area (Å²) >= 11 is 0. The summed E-state index contributed by atoms with van der Waals surface area (Å²) in [5, 5.41) is 9.38. The van der Waals surface area contributed by atoms with Gasteiger partial charge in [0.2, 0.25) is 0 Å². The van der Waals surface area contributed by atoms with Crippen molar-refractivity contribution < 1.29 is 14.7 Å². The van der Waals surface area contributed by atoms with Crippen molar-refractivity contribution in [3.63, 3.8) is 0 Å². The third-order valence-corrected chi connectivity index (χ3v) is 4.73. The summed E-state index contributed by atoms with van der Waals surface area (Å²) in [6.07, 6.45) is 0.818. The van der Waals surface area contributed by atoms with Crippen LogP contribution < -0.4 is 4.90 Å². The Labute approximate surface area is 128 Å². The first-order valence-corrected chi connectivity index (χ1v) is 7.38. The quantitative estimate of drug-likeness (QED) is 0.874. The third-order valence-electron chi connectivity index (χ3n) is 4.73. The minimum absolute atomic E-state index is 0.0632. The van der Waals surface area contributed by atoms with Gasteiger partial charge in [0, 0.05) is 5.69 Å². The number of carboxylic acids is 1. The van der Waals surface area contributed by atoms with Crippen LogP contribution in [0.4, 0.5) is 5.69 Å². The van der Waals surface area contributed by atoms with Crippen LogP contribution in [0, 0.1) is 0 Å². The number of hydrogen-bond acceptors (Lipinski definition) is 2. The number of anilines is 1. The van der Waals surface area contributed by atoms with Crippen molar-refractivity contribution in [2.24, 2.45) is 0 Å². The molecule has 0 bridgehead atoms. The van der Waals surface area contributed by atoms with Crippen molar-refractivity contribution in [1.29, 1.82) is 0 Å². The van der Waals surface area contributed by atoms with Crippen LogP contribution in [0.5, 0.6) is 0 Å². The van der Waals surface area contributed by atoms with Gasteiger partial charge in [0.05, 0.1) is 17.2 Å². The molecule has 1 N–H and O–H groups in total. The minimum atomic E-state index is -1.05. The van der Waals surface area contributed by atoms with Crippen LogP contribution in [0.3, 0.4) is 0 Å². The average molecular weight is 293 g/mol. The van der Waals surface area contributed by atoms with Gasteiger partial charge in [0.15, 0.2) is 0 Å². The number of para-hydroxylation sites is 1. The largest absolute Gasteiger partial charge is 0.478 e. The van der Waals surface area contributed by atoms with Gasteiger partial charge < -0.3 is 10.0 Å². The first-order chi connectivity index (χ1) is 10.6. The smallest absolute Gasteiger partial charge is 0.336 e. The summed E-state index contributed by atoms with van der Waals surface area (Å²) in [5.41, 5.74) is 3.35. The lowest BCUT2D eigenvalue weighted by atomic mass is 9.85. The lowest BCUT2D eigenvalue weighted by molar-refractivity contribution is 0.0692. The van der Waals surface area contributed by atoms with Gasteiger partial charge >= 0.3 is 5.97 Å². The molecule has 4 heteroatoms. The Kier molecular flexibility index (Phi) is 2.64. The molecule has 0 saturated heterocycles. The zero-order valence-electron chi connectivity index (χ0n) is 12.1. The lowest BCUT2D eigenvalue weighted by Crippen LogP contribution is -2.33. The first-order valence-electron chi connectivity index (χ1n) is 7.38. The molecule has 2 aliphatic rings. The normalized spacial score (nSPS) is 22.0. The molecule has 0 spiro atoms. The molecule has 4 rings (SSSR count). The maximum atomic E-state index is 12.9. The monoisotopic (exact) mass is 293 g/mol. The van der Waals surface area contributed by atoms with E-state index in [-0.39, 0.29) is 17.5 Å². The summed E-state index contributed by atoms with van der Waals surface area (Å²) in [4.78, 5) is 26.1. The Balaban J connectivity index is 1.95. The van der Waals surface area contributed by atoms with E-state index in [0.29, 0.717) is 11.5 Å². The molecule has 0 unspecified atom stereocenters. The van der Waals surface area contributed by atoms with Crippen LogP contribution in [0.2, 0.25) is 0 Å². The number of carbonyl (C=O) groups excluding carboxylic acids is 1. The van der Waals surface area contributed by atoms with Crippen molar-refractivity contribution in [1.82, 2.24) is 0 Å². The van der Waals surface area contributed by atoms with E-state index in [9.17, 15) is 14.7 Å². The van der Waals surface area contributed by atoms with E-state index in [0.717, 1.165) is 23.2 Å². The molecule has 4 nitrogen and oxygen atoms in total. The molecule has 2 aromatic rings. The van der Waals surface area contributed by atoms with Gasteiger partial charge in [-0.1, -0.05) is 37.3 Å². The van der Waals surface area contributed by atoms with Crippen molar-refractivity contribution >= 4 is 17.6 Å². The Morgan fingerprint density at radius 2 is 1.86 bits per heavy atom. The maximum Gasteiger partial charge on any atom is 0.336 e. The summed E-state index contributed by atoms with van der Waals surface area (Å²) in [6.45, 7) is 2.15. The molecule has 0 fully saturated rings. The molecule has 2 aliphatic heterocycles. The zero-order valence-corrected chi connectivity index (χ0v) is 12.1. The van der Waals surface area contributed by atoms with E-state index in [1.807, 2.05) is 30.3 Å². The van der Waals surface area contributed by atoms with E-state index in [1.54, 1.807) is 11.0 Å². The lowest BCUT2D eigenvalue weighted by Gasteiger charge is -2.35. The Hall–Kier alpha value is -2.62. The van der Waals surface area contributed by atoms with E-state index in [1.165, 1.54) is 6.07 Å². The molecule has 0 radical (unpaired) electrons. The number of carbonyl (C=O) groups is 2. The van der Waals surface area contributed by atoms with E-state index in [2.05, 4.69) is 6.92 Å². The number of carboxylic acid groups (broad SMARTS) is 1. The van der Waals surface area contributed by atoms with Crippen LogP contribution in [0.1, 0.15) is 57.1 Å². The number of aromatic carboxylic acids is 1. The fourth-order valence-corrected chi connectivity index (χ4v) is 3.76. The highest BCUT2D eigenvalue weighted by molar-refractivity contribution is 6.16. The fourth-order valence-electron chi connectivity index (χ4n) is 3.76. The molecule has 22 heavy (non-hydrogen) atoms. The number of benzene rings is 2. The zero-order chi connectivity index (χ0) is 15.4. The summed E-state index contributed by atoms with van der Waals surface area (Å²) < 4.78 is 0. The number of amides is 1. The number of fused-ring (bicyclic) bond motifs is 5. The van der Waals surface area contributed by atoms with Crippen LogP contribution >= 0.6 is 0 Å². The van der Waals surface area contributed by atoms with Crippen LogP contribution in [0.25, 0.3) is 0 Å². The first kappa shape index (κ1) is 13.1. The van der Waals surface area contributed by atoms with E-state index >= 15 is 0 Å². The molecule has 0 aromatic heterocycles. The highest BCUT2D eigenvalue weighted by Gasteiger charge is 2.44. The van der Waals surface area contributed by atoms with Crippen LogP contribution in [-0.2, 0) is 0 Å². The number of nitrogens with zero attached hydrogens (tertiary/aromatic N) is 1.